The largest absolute Gasteiger partial charge is 0.261 e. The summed E-state index contributed by atoms with van der Waals surface area (Å²) in [6.45, 7) is 2.29. The van der Waals surface area contributed by atoms with Crippen LogP contribution >= 0.6 is 0 Å². The monoisotopic (exact) mass is 337 g/mol. The van der Waals surface area contributed by atoms with Crippen molar-refractivity contribution < 1.29 is 0 Å². The highest BCUT2D eigenvalue weighted by Crippen LogP contribution is 2.28. The van der Waals surface area contributed by atoms with Gasteiger partial charge in [-0.1, -0.05) is 108 Å². The molecular weight excluding hydrogens is 302 g/mol. The molecule has 0 aliphatic heterocycles. The van der Waals surface area contributed by atoms with Gasteiger partial charge in [0, 0.05) is 17.8 Å². The molecule has 0 radical (unpaired) electrons. The number of unbranched alkanes of at least 4 members (excludes halogenated alkanes) is 9. The van der Waals surface area contributed by atoms with Crippen LogP contribution in [0.5, 0.6) is 0 Å². The van der Waals surface area contributed by atoms with Gasteiger partial charge >= 0.3 is 0 Å². The smallest absolute Gasteiger partial charge is 0.0478 e. The number of benzene rings is 1. The average molecular weight is 338 g/mol. The minimum Gasteiger partial charge on any atom is -0.261 e. The second-order valence-electron chi connectivity index (χ2n) is 7.19. The first-order valence-corrected chi connectivity index (χ1v) is 10.4. The van der Waals surface area contributed by atoms with Crippen molar-refractivity contribution in [2.75, 3.05) is 0 Å². The first kappa shape index (κ1) is 19.7. The van der Waals surface area contributed by atoms with E-state index < -0.39 is 0 Å². The first-order valence-electron chi connectivity index (χ1n) is 10.4. The quantitative estimate of drug-likeness (QED) is 0.344. The highest BCUT2D eigenvalue weighted by atomic mass is 14.7. The van der Waals surface area contributed by atoms with Crippen LogP contribution < -0.4 is 0 Å². The molecule has 1 aromatic heterocycles. The molecule has 1 atom stereocenters. The molecule has 1 nitrogen and oxygen atoms in total. The molecule has 0 saturated heterocycles. The van der Waals surface area contributed by atoms with E-state index in [1.165, 1.54) is 81.9 Å². The summed E-state index contributed by atoms with van der Waals surface area (Å²) in [6.07, 6.45) is 17.0. The number of aromatic nitrogens is 1. The minimum absolute atomic E-state index is 0.441. The third-order valence-electron chi connectivity index (χ3n) is 5.09. The molecule has 1 heterocycles. The highest BCUT2D eigenvalue weighted by Gasteiger charge is 2.14. The Balaban J connectivity index is 1.69. The Morgan fingerprint density at radius 2 is 1.28 bits per heavy atom. The standard InChI is InChI=1S/C24H35N/c1-2-3-4-5-6-7-8-9-10-14-19-23(22-17-12-11-13-18-22)24-20-15-16-21-25-24/h11-13,15-18,20-21,23H,2-10,14,19H2,1H3. The zero-order chi connectivity index (χ0) is 17.6. The summed E-state index contributed by atoms with van der Waals surface area (Å²) in [5.41, 5.74) is 2.61. The number of nitrogens with zero attached hydrogens (tertiary/aromatic N) is 1. The summed E-state index contributed by atoms with van der Waals surface area (Å²) in [4.78, 5) is 4.62. The molecule has 0 aliphatic carbocycles. The van der Waals surface area contributed by atoms with Crippen LogP contribution in [0.4, 0.5) is 0 Å². The molecule has 0 bridgehead atoms. The van der Waals surface area contributed by atoms with E-state index in [9.17, 15) is 0 Å². The third kappa shape index (κ3) is 7.86. The number of hydrogen-bond acceptors (Lipinski definition) is 1. The SMILES string of the molecule is CCCCCCCCCCCCC(c1ccccc1)c1ccccn1. The summed E-state index contributed by atoms with van der Waals surface area (Å²) in [7, 11) is 0. The molecule has 0 N–H and O–H groups in total. The van der Waals surface area contributed by atoms with E-state index >= 15 is 0 Å². The third-order valence-corrected chi connectivity index (χ3v) is 5.09. The van der Waals surface area contributed by atoms with Crippen LogP contribution in [0, 0.1) is 0 Å². The minimum atomic E-state index is 0.441. The van der Waals surface area contributed by atoms with Crippen molar-refractivity contribution in [3.05, 3.63) is 66.0 Å². The Labute approximate surface area is 154 Å². The van der Waals surface area contributed by atoms with Crippen LogP contribution in [-0.4, -0.2) is 4.98 Å². The molecule has 0 amide bonds. The molecule has 2 rings (SSSR count). The molecular formula is C24H35N. The predicted molar refractivity (Wildman–Crippen MR) is 109 cm³/mol. The number of rotatable bonds is 13. The second-order valence-corrected chi connectivity index (χ2v) is 7.19. The van der Waals surface area contributed by atoms with Gasteiger partial charge < -0.3 is 0 Å². The lowest BCUT2D eigenvalue weighted by Crippen LogP contribution is -2.03. The fourth-order valence-corrected chi connectivity index (χ4v) is 3.59. The van der Waals surface area contributed by atoms with Crippen molar-refractivity contribution >= 4 is 0 Å². The van der Waals surface area contributed by atoms with E-state index in [0.717, 1.165) is 0 Å². The van der Waals surface area contributed by atoms with E-state index in [4.69, 9.17) is 0 Å². The Bertz CT molecular complexity index is 495. The topological polar surface area (TPSA) is 12.9 Å². The molecule has 0 aliphatic rings. The van der Waals surface area contributed by atoms with Crippen molar-refractivity contribution in [1.29, 1.82) is 0 Å². The van der Waals surface area contributed by atoms with Gasteiger partial charge in [-0.3, -0.25) is 4.98 Å². The van der Waals surface area contributed by atoms with Crippen molar-refractivity contribution in [1.82, 2.24) is 4.98 Å². The second kappa shape index (κ2) is 12.7. The molecule has 136 valence electrons. The van der Waals surface area contributed by atoms with E-state index in [0.29, 0.717) is 5.92 Å². The summed E-state index contributed by atoms with van der Waals surface area (Å²) in [6, 6.07) is 17.2. The average Bonchev–Trinajstić information content (AvgIpc) is 2.67. The van der Waals surface area contributed by atoms with Gasteiger partial charge in [-0.2, -0.15) is 0 Å². The van der Waals surface area contributed by atoms with Gasteiger partial charge in [0.05, 0.1) is 0 Å². The lowest BCUT2D eigenvalue weighted by molar-refractivity contribution is 0.538. The summed E-state index contributed by atoms with van der Waals surface area (Å²) < 4.78 is 0. The Kier molecular flexibility index (Phi) is 10.00. The molecule has 2 aromatic rings. The van der Waals surface area contributed by atoms with Gasteiger partial charge in [0.1, 0.15) is 0 Å². The van der Waals surface area contributed by atoms with Gasteiger partial charge in [0.2, 0.25) is 0 Å². The first-order chi connectivity index (χ1) is 12.4. The number of pyridine rings is 1. The van der Waals surface area contributed by atoms with Crippen LogP contribution in [0.3, 0.4) is 0 Å². The zero-order valence-electron chi connectivity index (χ0n) is 16.0. The van der Waals surface area contributed by atoms with E-state index in [2.05, 4.69) is 54.4 Å². The maximum absolute atomic E-state index is 4.62. The fourth-order valence-electron chi connectivity index (χ4n) is 3.59. The molecule has 0 spiro atoms. The molecule has 1 heteroatoms. The molecule has 0 saturated carbocycles. The number of hydrogen-bond donors (Lipinski definition) is 0. The summed E-state index contributed by atoms with van der Waals surface area (Å²) in [5.74, 6) is 0.441. The summed E-state index contributed by atoms with van der Waals surface area (Å²) in [5, 5.41) is 0. The van der Waals surface area contributed by atoms with Crippen LogP contribution in [0.1, 0.15) is 94.7 Å². The van der Waals surface area contributed by atoms with E-state index in [1.54, 1.807) is 0 Å². The van der Waals surface area contributed by atoms with Gasteiger partial charge in [-0.25, -0.2) is 0 Å². The van der Waals surface area contributed by atoms with Crippen molar-refractivity contribution in [3.8, 4) is 0 Å². The van der Waals surface area contributed by atoms with Crippen molar-refractivity contribution in [2.24, 2.45) is 0 Å². The Morgan fingerprint density at radius 1 is 0.680 bits per heavy atom. The van der Waals surface area contributed by atoms with Gasteiger partial charge in [-0.05, 0) is 24.1 Å². The van der Waals surface area contributed by atoms with E-state index in [1.807, 2.05) is 12.3 Å². The van der Waals surface area contributed by atoms with Crippen molar-refractivity contribution in [3.63, 3.8) is 0 Å². The van der Waals surface area contributed by atoms with Gasteiger partial charge in [0.15, 0.2) is 0 Å². The molecule has 1 aromatic carbocycles. The zero-order valence-corrected chi connectivity index (χ0v) is 16.0. The Morgan fingerprint density at radius 3 is 1.88 bits per heavy atom. The summed E-state index contributed by atoms with van der Waals surface area (Å²) >= 11 is 0. The normalized spacial score (nSPS) is 12.2. The van der Waals surface area contributed by atoms with E-state index in [-0.39, 0.29) is 0 Å². The molecule has 1 unspecified atom stereocenters. The van der Waals surface area contributed by atoms with Crippen LogP contribution in [0.2, 0.25) is 0 Å². The predicted octanol–water partition coefficient (Wildman–Crippen LogP) is 7.52. The molecule has 0 fully saturated rings. The molecule has 25 heavy (non-hydrogen) atoms. The maximum Gasteiger partial charge on any atom is 0.0478 e. The van der Waals surface area contributed by atoms with Crippen molar-refractivity contribution in [2.45, 2.75) is 83.5 Å². The van der Waals surface area contributed by atoms with Gasteiger partial charge in [-0.15, -0.1) is 0 Å². The highest BCUT2D eigenvalue weighted by molar-refractivity contribution is 5.28. The van der Waals surface area contributed by atoms with Crippen LogP contribution in [0.25, 0.3) is 0 Å². The lowest BCUT2D eigenvalue weighted by atomic mass is 9.89. The Hall–Kier alpha value is -1.63. The van der Waals surface area contributed by atoms with Crippen LogP contribution in [-0.2, 0) is 0 Å². The lowest BCUT2D eigenvalue weighted by Gasteiger charge is -2.17. The maximum atomic E-state index is 4.62. The van der Waals surface area contributed by atoms with Gasteiger partial charge in [0.25, 0.3) is 0 Å². The fraction of sp³-hybridized carbons (Fsp3) is 0.542. The van der Waals surface area contributed by atoms with Crippen LogP contribution in [0.15, 0.2) is 54.7 Å².